The van der Waals surface area contributed by atoms with Gasteiger partial charge in [-0.3, -0.25) is 4.79 Å². The number of halogens is 4. The smallest absolute Gasteiger partial charge is 0.220 e. The van der Waals surface area contributed by atoms with Gasteiger partial charge in [-0.15, -0.1) is 0 Å². The standard InChI is InChI=1S/C20H18Cl4O5/c1-26-20-18(25)19(28-9-12-3-5-14(22)7-16(12)24)17(29-20)10-27-8-11-2-4-13(21)6-15(11)23/h2-7,17,19-20H,8-10H2,1H3/t17-,19-,20?/m1/s1. The van der Waals surface area contributed by atoms with E-state index in [4.69, 9.17) is 65.4 Å². The van der Waals surface area contributed by atoms with Crippen LogP contribution in [0.4, 0.5) is 0 Å². The van der Waals surface area contributed by atoms with E-state index in [9.17, 15) is 4.79 Å². The Morgan fingerprint density at radius 3 is 2.07 bits per heavy atom. The Hall–Kier alpha value is -0.890. The van der Waals surface area contributed by atoms with Crippen molar-refractivity contribution in [1.29, 1.82) is 0 Å². The molecule has 0 bridgehead atoms. The molecule has 1 aliphatic heterocycles. The average molecular weight is 480 g/mol. The zero-order valence-electron chi connectivity index (χ0n) is 15.4. The van der Waals surface area contributed by atoms with E-state index in [0.717, 1.165) is 5.56 Å². The molecule has 0 saturated carbocycles. The van der Waals surface area contributed by atoms with E-state index >= 15 is 0 Å². The molecular weight excluding hydrogens is 462 g/mol. The van der Waals surface area contributed by atoms with Crippen molar-refractivity contribution in [2.75, 3.05) is 13.7 Å². The fourth-order valence-corrected chi connectivity index (χ4v) is 3.77. The maximum absolute atomic E-state index is 12.5. The molecule has 0 radical (unpaired) electrons. The number of ketones is 1. The summed E-state index contributed by atoms with van der Waals surface area (Å²) in [6.07, 6.45) is -2.50. The van der Waals surface area contributed by atoms with Gasteiger partial charge in [0.15, 0.2) is 0 Å². The lowest BCUT2D eigenvalue weighted by atomic mass is 10.1. The van der Waals surface area contributed by atoms with Crippen molar-refractivity contribution in [2.45, 2.75) is 31.7 Å². The van der Waals surface area contributed by atoms with Crippen LogP contribution in [0.2, 0.25) is 20.1 Å². The minimum atomic E-state index is -1.01. The summed E-state index contributed by atoms with van der Waals surface area (Å²) in [4.78, 5) is 12.5. The topological polar surface area (TPSA) is 54.0 Å². The number of carbonyl (C=O) groups excluding carboxylic acids is 1. The highest BCUT2D eigenvalue weighted by Gasteiger charge is 2.44. The molecule has 3 atom stereocenters. The number of hydrogen-bond acceptors (Lipinski definition) is 5. The van der Waals surface area contributed by atoms with E-state index in [-0.39, 0.29) is 25.6 Å². The Morgan fingerprint density at radius 1 is 0.931 bits per heavy atom. The van der Waals surface area contributed by atoms with Crippen LogP contribution in [0.1, 0.15) is 11.1 Å². The maximum atomic E-state index is 12.5. The van der Waals surface area contributed by atoms with Crippen molar-refractivity contribution in [3.8, 4) is 0 Å². The van der Waals surface area contributed by atoms with Crippen LogP contribution in [-0.4, -0.2) is 38.0 Å². The van der Waals surface area contributed by atoms with E-state index in [1.54, 1.807) is 36.4 Å². The van der Waals surface area contributed by atoms with E-state index in [1.807, 2.05) is 0 Å². The van der Waals surface area contributed by atoms with Gasteiger partial charge in [-0.25, -0.2) is 0 Å². The first-order valence-corrected chi connectivity index (χ1v) is 10.2. The molecule has 0 aliphatic carbocycles. The molecular formula is C20H18Cl4O5. The van der Waals surface area contributed by atoms with Gasteiger partial charge in [-0.05, 0) is 35.4 Å². The highest BCUT2D eigenvalue weighted by Crippen LogP contribution is 2.27. The normalized spacial score (nSPS) is 21.7. The van der Waals surface area contributed by atoms with Gasteiger partial charge in [0.1, 0.15) is 12.2 Å². The summed E-state index contributed by atoms with van der Waals surface area (Å²) in [6.45, 7) is 0.465. The third-order valence-corrected chi connectivity index (χ3v) is 5.53. The number of carbonyl (C=O) groups is 1. The van der Waals surface area contributed by atoms with Gasteiger partial charge in [0.25, 0.3) is 0 Å². The summed E-state index contributed by atoms with van der Waals surface area (Å²) in [7, 11) is 1.40. The van der Waals surface area contributed by atoms with Gasteiger partial charge in [0.2, 0.25) is 12.1 Å². The van der Waals surface area contributed by atoms with Crippen molar-refractivity contribution in [3.05, 3.63) is 67.6 Å². The van der Waals surface area contributed by atoms with Crippen LogP contribution < -0.4 is 0 Å². The molecule has 1 heterocycles. The van der Waals surface area contributed by atoms with Crippen LogP contribution in [0.5, 0.6) is 0 Å². The number of benzene rings is 2. The molecule has 2 aromatic carbocycles. The van der Waals surface area contributed by atoms with Crippen molar-refractivity contribution in [2.24, 2.45) is 0 Å². The number of rotatable bonds is 8. The molecule has 1 unspecified atom stereocenters. The number of ether oxygens (including phenoxy) is 4. The highest BCUT2D eigenvalue weighted by atomic mass is 35.5. The number of Topliss-reactive ketones (excluding diaryl/α,β-unsaturated/α-hetero) is 1. The first-order valence-electron chi connectivity index (χ1n) is 8.68. The van der Waals surface area contributed by atoms with Gasteiger partial charge < -0.3 is 18.9 Å². The summed E-state index contributed by atoms with van der Waals surface area (Å²) in [5.41, 5.74) is 1.48. The summed E-state index contributed by atoms with van der Waals surface area (Å²) < 4.78 is 22.2. The first kappa shape index (κ1) is 22.8. The van der Waals surface area contributed by atoms with Crippen LogP contribution in [-0.2, 0) is 37.0 Å². The van der Waals surface area contributed by atoms with Gasteiger partial charge in [0, 0.05) is 27.2 Å². The number of hydrogen-bond donors (Lipinski definition) is 0. The Morgan fingerprint density at radius 2 is 1.52 bits per heavy atom. The molecule has 3 rings (SSSR count). The third-order valence-electron chi connectivity index (χ3n) is 4.35. The third kappa shape index (κ3) is 5.84. The van der Waals surface area contributed by atoms with E-state index in [0.29, 0.717) is 25.7 Å². The van der Waals surface area contributed by atoms with E-state index < -0.39 is 18.5 Å². The molecule has 156 valence electrons. The number of methoxy groups -OCH3 is 1. The van der Waals surface area contributed by atoms with Crippen molar-refractivity contribution >= 4 is 52.2 Å². The summed E-state index contributed by atoms with van der Waals surface area (Å²) in [5.74, 6) is -0.310. The second-order valence-electron chi connectivity index (χ2n) is 6.36. The summed E-state index contributed by atoms with van der Waals surface area (Å²) in [5, 5.41) is 2.02. The monoisotopic (exact) mass is 478 g/mol. The molecule has 29 heavy (non-hydrogen) atoms. The van der Waals surface area contributed by atoms with Gasteiger partial charge >= 0.3 is 0 Å². The minimum absolute atomic E-state index is 0.115. The molecule has 0 spiro atoms. The van der Waals surface area contributed by atoms with Crippen LogP contribution in [0.3, 0.4) is 0 Å². The lowest BCUT2D eigenvalue weighted by Gasteiger charge is -2.18. The predicted molar refractivity (Wildman–Crippen MR) is 112 cm³/mol. The molecule has 9 heteroatoms. The second kappa shape index (κ2) is 10.4. The molecule has 0 aromatic heterocycles. The summed E-state index contributed by atoms with van der Waals surface area (Å²) in [6, 6.07) is 10.2. The average Bonchev–Trinajstić information content (AvgIpc) is 2.98. The fraction of sp³-hybridized carbons (Fsp3) is 0.350. The highest BCUT2D eigenvalue weighted by molar-refractivity contribution is 6.35. The molecule has 1 fully saturated rings. The van der Waals surface area contributed by atoms with Gasteiger partial charge in [-0.1, -0.05) is 58.5 Å². The van der Waals surface area contributed by atoms with Crippen LogP contribution >= 0.6 is 46.4 Å². The zero-order valence-corrected chi connectivity index (χ0v) is 18.4. The van der Waals surface area contributed by atoms with E-state index in [2.05, 4.69) is 0 Å². The van der Waals surface area contributed by atoms with Crippen LogP contribution in [0.15, 0.2) is 36.4 Å². The maximum Gasteiger partial charge on any atom is 0.220 e. The first-order chi connectivity index (χ1) is 13.9. The molecule has 0 N–H and O–H groups in total. The fourth-order valence-electron chi connectivity index (χ4n) is 2.84. The van der Waals surface area contributed by atoms with Crippen LogP contribution in [0, 0.1) is 0 Å². The van der Waals surface area contributed by atoms with Crippen molar-refractivity contribution in [1.82, 2.24) is 0 Å². The predicted octanol–water partition coefficient (Wildman–Crippen LogP) is 5.34. The van der Waals surface area contributed by atoms with Crippen molar-refractivity contribution in [3.63, 3.8) is 0 Å². The molecule has 1 aliphatic rings. The van der Waals surface area contributed by atoms with Gasteiger partial charge in [-0.2, -0.15) is 0 Å². The SMILES string of the molecule is COC1O[C@H](COCc2ccc(Cl)cc2Cl)[C@@H](OCc2ccc(Cl)cc2Cl)C1=O. The molecule has 0 amide bonds. The Labute approximate surface area is 188 Å². The largest absolute Gasteiger partial charge is 0.374 e. The lowest BCUT2D eigenvalue weighted by molar-refractivity contribution is -0.154. The lowest BCUT2D eigenvalue weighted by Crippen LogP contribution is -2.34. The Balaban J connectivity index is 1.61. The molecule has 2 aromatic rings. The molecule has 1 saturated heterocycles. The zero-order chi connectivity index (χ0) is 21.0. The minimum Gasteiger partial charge on any atom is -0.374 e. The Kier molecular flexibility index (Phi) is 8.19. The van der Waals surface area contributed by atoms with Crippen LogP contribution in [0.25, 0.3) is 0 Å². The van der Waals surface area contributed by atoms with Gasteiger partial charge in [0.05, 0.1) is 19.8 Å². The Bertz CT molecular complexity index is 876. The summed E-state index contributed by atoms with van der Waals surface area (Å²) >= 11 is 24.1. The van der Waals surface area contributed by atoms with Crippen molar-refractivity contribution < 1.29 is 23.7 Å². The van der Waals surface area contributed by atoms with E-state index in [1.165, 1.54) is 7.11 Å². The second-order valence-corrected chi connectivity index (χ2v) is 8.05. The molecule has 5 nitrogen and oxygen atoms in total. The quantitative estimate of drug-likeness (QED) is 0.511.